The molecule has 2 N–H and O–H groups in total. The van der Waals surface area contributed by atoms with Crippen molar-refractivity contribution < 1.29 is 5.11 Å². The zero-order chi connectivity index (χ0) is 12.3. The summed E-state index contributed by atoms with van der Waals surface area (Å²) in [5, 5.41) is 12.4. The first-order valence-corrected chi connectivity index (χ1v) is 5.47. The van der Waals surface area contributed by atoms with Crippen LogP contribution in [0.3, 0.4) is 0 Å². The van der Waals surface area contributed by atoms with Crippen LogP contribution in [-0.4, -0.2) is 15.1 Å². The third-order valence-corrected chi connectivity index (χ3v) is 2.60. The maximum atomic E-state index is 9.14. The average Bonchev–Trinajstić information content (AvgIpc) is 2.31. The van der Waals surface area contributed by atoms with Crippen molar-refractivity contribution in [1.82, 2.24) is 9.97 Å². The summed E-state index contributed by atoms with van der Waals surface area (Å²) >= 11 is 0. The van der Waals surface area contributed by atoms with Gasteiger partial charge in [0.15, 0.2) is 0 Å². The summed E-state index contributed by atoms with van der Waals surface area (Å²) in [5.41, 5.74) is 4.06. The van der Waals surface area contributed by atoms with E-state index in [0.29, 0.717) is 6.54 Å². The molecule has 2 heterocycles. The Morgan fingerprint density at radius 3 is 2.65 bits per heavy atom. The van der Waals surface area contributed by atoms with E-state index < -0.39 is 0 Å². The lowest BCUT2D eigenvalue weighted by molar-refractivity contribution is 0.472. The predicted molar refractivity (Wildman–Crippen MR) is 66.9 cm³/mol. The summed E-state index contributed by atoms with van der Waals surface area (Å²) in [4.78, 5) is 8.36. The Balaban J connectivity index is 2.10. The largest absolute Gasteiger partial charge is 0.506 e. The topological polar surface area (TPSA) is 58.0 Å². The van der Waals surface area contributed by atoms with Gasteiger partial charge in [-0.25, -0.2) is 0 Å². The minimum atomic E-state index is 0.183. The molecule has 0 aliphatic rings. The molecule has 0 bridgehead atoms. The summed E-state index contributed by atoms with van der Waals surface area (Å²) in [6, 6.07) is 5.40. The highest BCUT2D eigenvalue weighted by Gasteiger charge is 2.03. The van der Waals surface area contributed by atoms with Crippen LogP contribution in [0.15, 0.2) is 30.6 Å². The first-order chi connectivity index (χ1) is 8.16. The molecule has 88 valence electrons. The zero-order valence-electron chi connectivity index (χ0n) is 9.94. The van der Waals surface area contributed by atoms with E-state index in [1.165, 1.54) is 6.20 Å². The van der Waals surface area contributed by atoms with Crippen LogP contribution in [0.1, 0.15) is 17.0 Å². The van der Waals surface area contributed by atoms with Gasteiger partial charge in [0.1, 0.15) is 5.75 Å². The van der Waals surface area contributed by atoms with Crippen molar-refractivity contribution in [1.29, 1.82) is 0 Å². The number of nitrogens with one attached hydrogen (secondary N) is 1. The second-order valence-corrected chi connectivity index (χ2v) is 3.95. The van der Waals surface area contributed by atoms with Gasteiger partial charge in [-0.15, -0.1) is 0 Å². The van der Waals surface area contributed by atoms with Crippen LogP contribution in [0.25, 0.3) is 0 Å². The minimum absolute atomic E-state index is 0.183. The molecule has 0 saturated carbocycles. The molecule has 0 aliphatic carbocycles. The van der Waals surface area contributed by atoms with Gasteiger partial charge < -0.3 is 10.4 Å². The molecule has 17 heavy (non-hydrogen) atoms. The van der Waals surface area contributed by atoms with Crippen molar-refractivity contribution in [3.63, 3.8) is 0 Å². The van der Waals surface area contributed by atoms with Gasteiger partial charge in [0.25, 0.3) is 0 Å². The van der Waals surface area contributed by atoms with Crippen molar-refractivity contribution in [2.75, 3.05) is 5.32 Å². The summed E-state index contributed by atoms with van der Waals surface area (Å²) in [5.74, 6) is 0.183. The van der Waals surface area contributed by atoms with E-state index in [9.17, 15) is 0 Å². The third-order valence-electron chi connectivity index (χ3n) is 2.60. The Labute approximate surface area is 100 Å². The van der Waals surface area contributed by atoms with Crippen LogP contribution >= 0.6 is 0 Å². The van der Waals surface area contributed by atoms with E-state index in [1.807, 2.05) is 19.9 Å². The van der Waals surface area contributed by atoms with E-state index in [4.69, 9.17) is 5.11 Å². The van der Waals surface area contributed by atoms with Gasteiger partial charge in [-0.2, -0.15) is 0 Å². The molecule has 0 atom stereocenters. The second kappa shape index (κ2) is 4.82. The summed E-state index contributed by atoms with van der Waals surface area (Å²) in [7, 11) is 0. The maximum absolute atomic E-state index is 9.14. The first-order valence-electron chi connectivity index (χ1n) is 5.47. The summed E-state index contributed by atoms with van der Waals surface area (Å²) < 4.78 is 0. The molecule has 0 saturated heterocycles. The summed E-state index contributed by atoms with van der Waals surface area (Å²) in [6.07, 6.45) is 3.24. The Morgan fingerprint density at radius 2 is 2.00 bits per heavy atom. The second-order valence-electron chi connectivity index (χ2n) is 3.95. The van der Waals surface area contributed by atoms with Gasteiger partial charge in [0.2, 0.25) is 0 Å². The fourth-order valence-electron chi connectivity index (χ4n) is 1.66. The van der Waals surface area contributed by atoms with E-state index in [-0.39, 0.29) is 5.75 Å². The first kappa shape index (κ1) is 11.4. The number of rotatable bonds is 3. The van der Waals surface area contributed by atoms with Gasteiger partial charge in [-0.1, -0.05) is 0 Å². The highest BCUT2D eigenvalue weighted by Crippen LogP contribution is 2.18. The lowest BCUT2D eigenvalue weighted by Crippen LogP contribution is -2.05. The Bertz CT molecular complexity index is 488. The highest BCUT2D eigenvalue weighted by atomic mass is 16.3. The van der Waals surface area contributed by atoms with E-state index in [2.05, 4.69) is 15.3 Å². The van der Waals surface area contributed by atoms with Crippen molar-refractivity contribution in [2.24, 2.45) is 0 Å². The lowest BCUT2D eigenvalue weighted by Gasteiger charge is -2.11. The molecule has 0 fully saturated rings. The number of aromatic hydroxyl groups is 1. The van der Waals surface area contributed by atoms with Gasteiger partial charge in [0, 0.05) is 6.20 Å². The van der Waals surface area contributed by atoms with Crippen LogP contribution in [0.2, 0.25) is 0 Å². The maximum Gasteiger partial charge on any atom is 0.133 e. The van der Waals surface area contributed by atoms with Gasteiger partial charge in [-0.3, -0.25) is 9.97 Å². The number of hydrogen-bond acceptors (Lipinski definition) is 4. The SMILES string of the molecule is Cc1ccnc(C)c1NCc1ccc(O)cn1. The molecule has 2 rings (SSSR count). The number of anilines is 1. The predicted octanol–water partition coefficient (Wildman–Crippen LogP) is 2.41. The molecule has 2 aromatic heterocycles. The van der Waals surface area contributed by atoms with Gasteiger partial charge >= 0.3 is 0 Å². The molecule has 0 amide bonds. The van der Waals surface area contributed by atoms with Crippen LogP contribution in [0.4, 0.5) is 5.69 Å². The highest BCUT2D eigenvalue weighted by molar-refractivity contribution is 5.53. The molecular weight excluding hydrogens is 214 g/mol. The fourth-order valence-corrected chi connectivity index (χ4v) is 1.66. The Hall–Kier alpha value is -2.10. The molecule has 0 unspecified atom stereocenters. The molecule has 0 radical (unpaired) electrons. The zero-order valence-corrected chi connectivity index (χ0v) is 9.94. The summed E-state index contributed by atoms with van der Waals surface area (Å²) in [6.45, 7) is 4.63. The molecule has 0 spiro atoms. The molecule has 4 nitrogen and oxygen atoms in total. The number of nitrogens with zero attached hydrogens (tertiary/aromatic N) is 2. The number of pyridine rings is 2. The van der Waals surface area contributed by atoms with Crippen LogP contribution in [-0.2, 0) is 6.54 Å². The minimum Gasteiger partial charge on any atom is -0.506 e. The van der Waals surface area contributed by atoms with Gasteiger partial charge in [-0.05, 0) is 37.6 Å². The van der Waals surface area contributed by atoms with Crippen LogP contribution < -0.4 is 5.32 Å². The number of aryl methyl sites for hydroxylation is 2. The van der Waals surface area contributed by atoms with E-state index >= 15 is 0 Å². The van der Waals surface area contributed by atoms with E-state index in [0.717, 1.165) is 22.6 Å². The molecule has 4 heteroatoms. The standard InChI is InChI=1S/C13H15N3O/c1-9-5-6-14-10(2)13(9)16-7-11-3-4-12(17)8-15-11/h3-6,8,16-17H,7H2,1-2H3. The quantitative estimate of drug-likeness (QED) is 0.848. The van der Waals surface area contributed by atoms with Crippen LogP contribution in [0, 0.1) is 13.8 Å². The number of aromatic nitrogens is 2. The lowest BCUT2D eigenvalue weighted by atomic mass is 10.2. The molecule has 2 aromatic rings. The van der Waals surface area contributed by atoms with Gasteiger partial charge in [0.05, 0.1) is 29.8 Å². The van der Waals surface area contributed by atoms with Crippen molar-refractivity contribution in [3.05, 3.63) is 47.5 Å². The molecule has 0 aromatic carbocycles. The van der Waals surface area contributed by atoms with Crippen molar-refractivity contribution in [2.45, 2.75) is 20.4 Å². The van der Waals surface area contributed by atoms with Crippen molar-refractivity contribution >= 4 is 5.69 Å². The monoisotopic (exact) mass is 229 g/mol. The third kappa shape index (κ3) is 2.72. The smallest absolute Gasteiger partial charge is 0.133 e. The normalized spacial score (nSPS) is 10.2. The Morgan fingerprint density at radius 1 is 1.18 bits per heavy atom. The molecule has 0 aliphatic heterocycles. The molecular formula is C13H15N3O. The average molecular weight is 229 g/mol. The van der Waals surface area contributed by atoms with E-state index in [1.54, 1.807) is 18.3 Å². The number of hydrogen-bond donors (Lipinski definition) is 2. The van der Waals surface area contributed by atoms with Crippen LogP contribution in [0.5, 0.6) is 5.75 Å². The fraction of sp³-hybridized carbons (Fsp3) is 0.231. The Kier molecular flexibility index (Phi) is 3.23. The van der Waals surface area contributed by atoms with Crippen molar-refractivity contribution in [3.8, 4) is 5.75 Å².